The average molecular weight is 1070 g/mol. The summed E-state index contributed by atoms with van der Waals surface area (Å²) < 4.78 is 29.8. The molecule has 4 N–H and O–H groups in total. The topological polar surface area (TPSA) is 181 Å². The van der Waals surface area contributed by atoms with Crippen molar-refractivity contribution in [3.05, 3.63) is 57.7 Å². The molecule has 1 aliphatic heterocycles. The molecule has 2 amide bonds. The number of carbonyl (C=O) groups is 3. The second-order valence-corrected chi connectivity index (χ2v) is 18.8. The molecule has 0 saturated carbocycles. The molecule has 0 unspecified atom stereocenters. The Morgan fingerprint density at radius 2 is 1.64 bits per heavy atom. The first kappa shape index (κ1) is 72.0. The summed E-state index contributed by atoms with van der Waals surface area (Å²) in [5.41, 5.74) is 15.8. The van der Waals surface area contributed by atoms with Crippen LogP contribution >= 0.6 is 11.3 Å². The third-order valence-corrected chi connectivity index (χ3v) is 12.0. The number of aryl methyl sites for hydroxylation is 1. The normalized spacial score (nSPS) is 13.6. The van der Waals surface area contributed by atoms with Gasteiger partial charge in [-0.05, 0) is 115 Å². The van der Waals surface area contributed by atoms with Crippen LogP contribution in [0.15, 0.2) is 35.8 Å². The number of alkyl carbamates (subject to hydrolysis) is 1. The molecule has 410 valence electrons. The van der Waals surface area contributed by atoms with Crippen molar-refractivity contribution < 1.29 is 67.6 Å². The molecule has 4 atom stereocenters. The number of nitrogens with one attached hydrogen (secondary N) is 2. The number of methoxy groups -OCH3 is 2. The van der Waals surface area contributed by atoms with Crippen LogP contribution in [0.5, 0.6) is 0 Å². The number of nitrogens with two attached hydrogens (primary N) is 1. The molecule has 18 heteroatoms. The van der Waals surface area contributed by atoms with Gasteiger partial charge in [0, 0.05) is 86.6 Å². The maximum Gasteiger partial charge on any atom is 1.00 e. The molecular weight excluding hydrogens is 974 g/mol. The van der Waals surface area contributed by atoms with Gasteiger partial charge in [-0.25, -0.2) is 15.2 Å². The molecule has 1 aliphatic rings. The molecule has 0 radical (unpaired) electrons. The van der Waals surface area contributed by atoms with Crippen LogP contribution in [0.2, 0.25) is 0 Å². The van der Waals surface area contributed by atoms with Crippen molar-refractivity contribution in [3.63, 3.8) is 0 Å². The Morgan fingerprint density at radius 3 is 2.16 bits per heavy atom. The van der Waals surface area contributed by atoms with Crippen LogP contribution in [0.1, 0.15) is 169 Å². The number of aromatic nitrogens is 3. The number of rotatable bonds is 20. The number of thiazole rings is 1. The summed E-state index contributed by atoms with van der Waals surface area (Å²) >= 11 is 5.46. The van der Waals surface area contributed by atoms with Crippen molar-refractivity contribution in [3.8, 4) is 22.5 Å². The van der Waals surface area contributed by atoms with Gasteiger partial charge in [-0.1, -0.05) is 68.4 Å². The van der Waals surface area contributed by atoms with Crippen molar-refractivity contribution in [1.82, 2.24) is 30.3 Å². The number of amides is 2. The molecule has 1 aromatic carbocycles. The minimum absolute atomic E-state index is 0. The van der Waals surface area contributed by atoms with Gasteiger partial charge in [0.25, 0.3) is 12.4 Å². The van der Waals surface area contributed by atoms with Crippen LogP contribution < -0.4 is 46.0 Å². The number of fused-ring (bicyclic) bond motifs is 1. The number of benzene rings is 1. The van der Waals surface area contributed by atoms with Crippen LogP contribution in [0.25, 0.3) is 33.4 Å². The Balaban J connectivity index is 0. The van der Waals surface area contributed by atoms with Gasteiger partial charge in [0.1, 0.15) is 22.8 Å². The number of carbonyl (C=O) groups excluding carboxylic acids is 3. The van der Waals surface area contributed by atoms with Crippen molar-refractivity contribution in [2.75, 3.05) is 60.4 Å². The van der Waals surface area contributed by atoms with Crippen LogP contribution in [-0.4, -0.2) is 110 Å². The van der Waals surface area contributed by atoms with Gasteiger partial charge < -0.3 is 51.9 Å². The summed E-state index contributed by atoms with van der Waals surface area (Å²) in [5, 5.41) is 7.94. The van der Waals surface area contributed by atoms with E-state index in [2.05, 4.69) is 84.6 Å². The Hall–Kier alpha value is -3.10. The fourth-order valence-electron chi connectivity index (χ4n) is 8.12. The van der Waals surface area contributed by atoms with Crippen molar-refractivity contribution in [1.29, 1.82) is 0 Å². The Bertz CT molecular complexity index is 2140. The second kappa shape index (κ2) is 38.4. The number of nitrogens with zero attached hydrogens (tertiary/aromatic N) is 4. The molecule has 4 aromatic rings. The van der Waals surface area contributed by atoms with Crippen LogP contribution in [0, 0.1) is 5.41 Å². The molecule has 1 saturated heterocycles. The van der Waals surface area contributed by atoms with E-state index in [-0.39, 0.29) is 60.7 Å². The van der Waals surface area contributed by atoms with Gasteiger partial charge in [-0.3, -0.25) is 19.6 Å². The predicted molar refractivity (Wildman–Crippen MR) is 300 cm³/mol. The van der Waals surface area contributed by atoms with Gasteiger partial charge >= 0.3 is 35.7 Å². The summed E-state index contributed by atoms with van der Waals surface area (Å²) in [5.74, 6) is -0.0738. The predicted octanol–water partition coefficient (Wildman–Crippen LogP) is 8.74. The summed E-state index contributed by atoms with van der Waals surface area (Å²) in [6, 6.07) is 7.54. The Morgan fingerprint density at radius 1 is 1.00 bits per heavy atom. The summed E-state index contributed by atoms with van der Waals surface area (Å²) in [7, 11) is 4.95. The van der Waals surface area contributed by atoms with E-state index in [9.17, 15) is 14.4 Å². The molecular formula is C55H94N7NaO8S2. The molecule has 0 bridgehead atoms. The van der Waals surface area contributed by atoms with E-state index in [4.69, 9.17) is 34.6 Å². The number of ether oxygens (including phenoxy) is 5. The molecule has 73 heavy (non-hydrogen) atoms. The van der Waals surface area contributed by atoms with Gasteiger partial charge in [-0.2, -0.15) is 6.26 Å². The van der Waals surface area contributed by atoms with E-state index >= 15 is 0 Å². The van der Waals surface area contributed by atoms with E-state index < -0.39 is 29.3 Å². The summed E-state index contributed by atoms with van der Waals surface area (Å²) in [6.07, 6.45) is 5.83. The smallest absolute Gasteiger partial charge is 0.796 e. The molecule has 4 heterocycles. The fraction of sp³-hybridized carbons (Fsp3) is 0.655. The van der Waals surface area contributed by atoms with Crippen molar-refractivity contribution in [2.45, 2.75) is 172 Å². The Kier molecular flexibility index (Phi) is 37.9. The van der Waals surface area contributed by atoms with E-state index in [1.165, 1.54) is 11.3 Å². The van der Waals surface area contributed by atoms with Crippen LogP contribution in [-0.2, 0) is 58.9 Å². The summed E-state index contributed by atoms with van der Waals surface area (Å²) in [6.45, 7) is 33.2. The van der Waals surface area contributed by atoms with Crippen molar-refractivity contribution in [2.24, 2.45) is 11.1 Å². The zero-order valence-electron chi connectivity index (χ0n) is 48.6. The monoisotopic (exact) mass is 1070 g/mol. The zero-order chi connectivity index (χ0) is 55.2. The van der Waals surface area contributed by atoms with Crippen LogP contribution in [0.3, 0.4) is 0 Å². The number of hydrogen-bond donors (Lipinski definition) is 3. The first-order chi connectivity index (χ1) is 34.5. The fourth-order valence-corrected chi connectivity index (χ4v) is 9.03. The molecule has 0 aliphatic carbocycles. The standard InChI is InChI=1S/C46H67N7O7S.C2H6O.3C2H6.CH4S.Na/c1-11-30(18-19-47)32-23-34(38(48-25-32)29(4)57-10)40-35(24-46(8,9)27-58-28-54)33-22-31(16-17-37(33)52(40)12-2)36-26-61-42(50-36)41(59-13-3)39(51-44(56)60-45(5,6)7)43(55)53-21-15-14-20-49-53;1-3-2;4*1-2;/h16-17,22-23,25-26,28-30,39,41,49H,11-15,18-21,24,27,47H2,1-10H3,(H,51,56);1-2H3;3*1-2H3;2H,1H3;/q;;;;;;+1/p-1/t29-,30-,39-,41-;;;;;;/m0....../s1. The van der Waals surface area contributed by atoms with Gasteiger partial charge in [-0.15, -0.1) is 11.3 Å². The third kappa shape index (κ3) is 21.8. The zero-order valence-corrected chi connectivity index (χ0v) is 52.2. The summed E-state index contributed by atoms with van der Waals surface area (Å²) in [4.78, 5) is 49.0. The average Bonchev–Trinajstić information content (AvgIpc) is 4.00. The maximum atomic E-state index is 14.1. The van der Waals surface area contributed by atoms with E-state index in [0.29, 0.717) is 49.8 Å². The van der Waals surface area contributed by atoms with E-state index in [0.717, 1.165) is 70.2 Å². The Labute approximate surface area is 472 Å². The quantitative estimate of drug-likeness (QED) is 0.0435. The molecule has 5 rings (SSSR count). The second-order valence-electron chi connectivity index (χ2n) is 17.9. The third-order valence-electron chi connectivity index (χ3n) is 11.1. The number of hydrazine groups is 1. The number of hydrogen-bond acceptors (Lipinski definition) is 14. The van der Waals surface area contributed by atoms with Crippen molar-refractivity contribution >= 4 is 53.3 Å². The van der Waals surface area contributed by atoms with E-state index in [1.807, 2.05) is 67.0 Å². The molecule has 15 nitrogen and oxygen atoms in total. The SMILES string of the molecule is CC.CC.CC.CCO[C@H](c1nc(-c2ccc3c(c2)c(CC(C)(C)COC=O)c(-c2cc([C@@H](CC)CCN)cnc2[C@H](C)OC)n3CC)cs1)[C@H](NC(=O)OC(C)(C)C)C(=O)N1CCCCN1.COC.C[S-].[Na+]. The number of pyridine rings is 1. The van der Waals surface area contributed by atoms with Gasteiger partial charge in [0.2, 0.25) is 0 Å². The first-order valence-corrected chi connectivity index (χ1v) is 27.6. The molecule has 3 aromatic heterocycles. The van der Waals surface area contributed by atoms with Crippen LogP contribution in [0.4, 0.5) is 4.79 Å². The minimum Gasteiger partial charge on any atom is -0.796 e. The van der Waals surface area contributed by atoms with Gasteiger partial charge in [0.05, 0.1) is 29.8 Å². The minimum atomic E-state index is -1.10. The first-order valence-electron chi connectivity index (χ1n) is 25.9. The maximum absolute atomic E-state index is 14.1. The molecule has 1 fully saturated rings. The molecule has 0 spiro atoms. The van der Waals surface area contributed by atoms with E-state index in [1.54, 1.807) is 53.4 Å². The largest absolute Gasteiger partial charge is 1.00 e. The van der Waals surface area contributed by atoms with Gasteiger partial charge in [0.15, 0.2) is 0 Å².